The molecule has 1 N–H and O–H groups in total. The quantitative estimate of drug-likeness (QED) is 0.561. The lowest BCUT2D eigenvalue weighted by atomic mass is 10.2. The van der Waals surface area contributed by atoms with Crippen molar-refractivity contribution in [1.82, 2.24) is 15.3 Å². The van der Waals surface area contributed by atoms with Gasteiger partial charge in [-0.1, -0.05) is 0 Å². The number of nitrogens with one attached hydrogen (secondary N) is 1. The summed E-state index contributed by atoms with van der Waals surface area (Å²) in [6, 6.07) is -0.531. The predicted octanol–water partition coefficient (Wildman–Crippen LogP) is -0.657. The number of hydrogen-bond donors (Lipinski definition) is 1. The Hall–Kier alpha value is -1.10. The average molecular weight is 197 g/mol. The van der Waals surface area contributed by atoms with Gasteiger partial charge in [0.15, 0.2) is 0 Å². The fraction of sp³-hybridized carbons (Fsp3) is 0.778. The monoisotopic (exact) mass is 197 g/mol. The number of hydrogen-bond acceptors (Lipinski definition) is 3. The number of carbonyl (C=O) groups is 2. The number of amides is 2. The third-order valence-electron chi connectivity index (χ3n) is 2.91. The first-order chi connectivity index (χ1) is 6.61. The molecule has 2 saturated heterocycles. The van der Waals surface area contributed by atoms with Gasteiger partial charge in [0.25, 0.3) is 5.91 Å². The SMILES string of the molecule is C[C@H]1NN(C)C(=O)[C@H]2CCCN2C1=O. The zero-order valence-corrected chi connectivity index (χ0v) is 8.49. The zero-order valence-electron chi connectivity index (χ0n) is 8.49. The molecular formula is C9H15N3O2. The lowest BCUT2D eigenvalue weighted by Gasteiger charge is -2.21. The summed E-state index contributed by atoms with van der Waals surface area (Å²) >= 11 is 0. The molecule has 2 fully saturated rings. The second-order valence-corrected chi connectivity index (χ2v) is 3.94. The van der Waals surface area contributed by atoms with Crippen LogP contribution in [0.4, 0.5) is 0 Å². The van der Waals surface area contributed by atoms with Crippen LogP contribution in [0.15, 0.2) is 0 Å². The van der Waals surface area contributed by atoms with Crippen LogP contribution in [0.2, 0.25) is 0 Å². The molecule has 78 valence electrons. The van der Waals surface area contributed by atoms with Gasteiger partial charge in [-0.25, -0.2) is 5.43 Å². The number of rotatable bonds is 0. The first-order valence-corrected chi connectivity index (χ1v) is 4.95. The molecule has 14 heavy (non-hydrogen) atoms. The third-order valence-corrected chi connectivity index (χ3v) is 2.91. The summed E-state index contributed by atoms with van der Waals surface area (Å²) in [6.45, 7) is 2.50. The summed E-state index contributed by atoms with van der Waals surface area (Å²) in [6.07, 6.45) is 1.73. The van der Waals surface area contributed by atoms with Gasteiger partial charge in [-0.15, -0.1) is 0 Å². The maximum absolute atomic E-state index is 11.8. The van der Waals surface area contributed by atoms with Crippen LogP contribution in [0.5, 0.6) is 0 Å². The topological polar surface area (TPSA) is 52.7 Å². The van der Waals surface area contributed by atoms with Crippen LogP contribution in [0.3, 0.4) is 0 Å². The summed E-state index contributed by atoms with van der Waals surface area (Å²) in [5.74, 6) is 0.0328. The molecule has 2 amide bonds. The number of likely N-dealkylation sites (N-methyl/N-ethyl adjacent to an activating group) is 1. The molecule has 2 aliphatic rings. The highest BCUT2D eigenvalue weighted by Crippen LogP contribution is 2.21. The van der Waals surface area contributed by atoms with Crippen LogP contribution in [-0.4, -0.2) is 47.4 Å². The number of carbonyl (C=O) groups excluding carboxylic acids is 2. The highest BCUT2D eigenvalue weighted by Gasteiger charge is 2.40. The van der Waals surface area contributed by atoms with Crippen LogP contribution < -0.4 is 5.43 Å². The smallest absolute Gasteiger partial charge is 0.259 e. The summed E-state index contributed by atoms with van der Waals surface area (Å²) in [5, 5.41) is 1.44. The van der Waals surface area contributed by atoms with Crippen LogP contribution in [0.25, 0.3) is 0 Å². The molecule has 0 aromatic rings. The molecule has 0 aliphatic carbocycles. The summed E-state index contributed by atoms with van der Waals surface area (Å²) in [4.78, 5) is 25.3. The Morgan fingerprint density at radius 2 is 2.07 bits per heavy atom. The highest BCUT2D eigenvalue weighted by molar-refractivity contribution is 5.92. The van der Waals surface area contributed by atoms with E-state index in [1.54, 1.807) is 18.9 Å². The Labute approximate surface area is 83.0 Å². The van der Waals surface area contributed by atoms with Crippen molar-refractivity contribution in [3.63, 3.8) is 0 Å². The van der Waals surface area contributed by atoms with E-state index in [1.807, 2.05) is 0 Å². The molecule has 0 bridgehead atoms. The maximum Gasteiger partial charge on any atom is 0.259 e. The van der Waals surface area contributed by atoms with E-state index in [2.05, 4.69) is 5.43 Å². The van der Waals surface area contributed by atoms with Crippen molar-refractivity contribution in [3.8, 4) is 0 Å². The molecule has 0 aromatic heterocycles. The zero-order chi connectivity index (χ0) is 10.3. The van der Waals surface area contributed by atoms with Gasteiger partial charge >= 0.3 is 0 Å². The summed E-state index contributed by atoms with van der Waals surface area (Å²) in [7, 11) is 1.67. The molecule has 2 aliphatic heterocycles. The Balaban J connectivity index is 2.28. The fourth-order valence-corrected chi connectivity index (χ4v) is 2.17. The van der Waals surface area contributed by atoms with Gasteiger partial charge in [-0.3, -0.25) is 14.6 Å². The van der Waals surface area contributed by atoms with Crippen molar-refractivity contribution in [2.24, 2.45) is 0 Å². The second-order valence-electron chi connectivity index (χ2n) is 3.94. The van der Waals surface area contributed by atoms with E-state index in [-0.39, 0.29) is 23.9 Å². The third kappa shape index (κ3) is 1.28. The van der Waals surface area contributed by atoms with Gasteiger partial charge in [-0.05, 0) is 19.8 Å². The van der Waals surface area contributed by atoms with Gasteiger partial charge in [0.05, 0.1) is 0 Å². The Bertz CT molecular complexity index is 253. The molecule has 0 saturated carbocycles. The van der Waals surface area contributed by atoms with E-state index in [1.165, 1.54) is 5.01 Å². The fourth-order valence-electron chi connectivity index (χ4n) is 2.17. The minimum Gasteiger partial charge on any atom is -0.329 e. The van der Waals surface area contributed by atoms with E-state index in [0.29, 0.717) is 0 Å². The van der Waals surface area contributed by atoms with E-state index < -0.39 is 0 Å². The van der Waals surface area contributed by atoms with Crippen LogP contribution in [0, 0.1) is 0 Å². The molecule has 5 heteroatoms. The minimum atomic E-state index is -0.299. The van der Waals surface area contributed by atoms with E-state index in [4.69, 9.17) is 0 Å². The Kier molecular flexibility index (Phi) is 2.19. The largest absolute Gasteiger partial charge is 0.329 e. The molecule has 0 spiro atoms. The molecule has 0 aromatic carbocycles. The first-order valence-electron chi connectivity index (χ1n) is 4.95. The molecule has 2 rings (SSSR count). The molecular weight excluding hydrogens is 182 g/mol. The van der Waals surface area contributed by atoms with E-state index in [9.17, 15) is 9.59 Å². The van der Waals surface area contributed by atoms with Crippen molar-refractivity contribution < 1.29 is 9.59 Å². The number of nitrogens with zero attached hydrogens (tertiary/aromatic N) is 2. The highest BCUT2D eigenvalue weighted by atomic mass is 16.2. The van der Waals surface area contributed by atoms with Gasteiger partial charge in [0.2, 0.25) is 5.91 Å². The number of hydrazine groups is 1. The van der Waals surface area contributed by atoms with Crippen LogP contribution in [-0.2, 0) is 9.59 Å². The first kappa shape index (κ1) is 9.45. The normalized spacial score (nSPS) is 33.3. The van der Waals surface area contributed by atoms with Crippen molar-refractivity contribution >= 4 is 11.8 Å². The van der Waals surface area contributed by atoms with Gasteiger partial charge in [0.1, 0.15) is 12.1 Å². The van der Waals surface area contributed by atoms with Gasteiger partial charge < -0.3 is 4.90 Å². The van der Waals surface area contributed by atoms with Crippen LogP contribution in [0.1, 0.15) is 19.8 Å². The Morgan fingerprint density at radius 3 is 2.79 bits per heavy atom. The van der Waals surface area contributed by atoms with E-state index >= 15 is 0 Å². The minimum absolute atomic E-state index is 0.000185. The molecule has 2 heterocycles. The summed E-state index contributed by atoms with van der Waals surface area (Å²) in [5.41, 5.74) is 2.86. The van der Waals surface area contributed by atoms with Crippen molar-refractivity contribution in [1.29, 1.82) is 0 Å². The van der Waals surface area contributed by atoms with Crippen molar-refractivity contribution in [2.75, 3.05) is 13.6 Å². The maximum atomic E-state index is 11.8. The molecule has 2 atom stereocenters. The average Bonchev–Trinajstić information content (AvgIpc) is 2.60. The molecule has 0 radical (unpaired) electrons. The standard InChI is InChI=1S/C9H15N3O2/c1-6-8(13)12-5-3-4-7(12)9(14)11(2)10-6/h6-7,10H,3-5H2,1-2H3/t6-,7-/m1/s1. The van der Waals surface area contributed by atoms with Crippen LogP contribution >= 0.6 is 0 Å². The Morgan fingerprint density at radius 1 is 1.36 bits per heavy atom. The van der Waals surface area contributed by atoms with Crippen molar-refractivity contribution in [2.45, 2.75) is 31.8 Å². The molecule has 0 unspecified atom stereocenters. The summed E-state index contributed by atoms with van der Waals surface area (Å²) < 4.78 is 0. The number of fused-ring (bicyclic) bond motifs is 1. The van der Waals surface area contributed by atoms with Gasteiger partial charge in [0, 0.05) is 13.6 Å². The second kappa shape index (κ2) is 3.24. The van der Waals surface area contributed by atoms with Crippen molar-refractivity contribution in [3.05, 3.63) is 0 Å². The van der Waals surface area contributed by atoms with Gasteiger partial charge in [-0.2, -0.15) is 0 Å². The molecule has 5 nitrogen and oxygen atoms in total. The lowest BCUT2D eigenvalue weighted by Crippen LogP contribution is -2.46. The van der Waals surface area contributed by atoms with E-state index in [0.717, 1.165) is 19.4 Å². The predicted molar refractivity (Wildman–Crippen MR) is 50.1 cm³/mol. The lowest BCUT2D eigenvalue weighted by molar-refractivity contribution is -0.139.